The molecule has 0 aromatic rings. The second kappa shape index (κ2) is 16.1. The van der Waals surface area contributed by atoms with Crippen molar-refractivity contribution in [2.24, 2.45) is 10.8 Å². The Balaban J connectivity index is 1.88. The molecule has 2 aliphatic rings. The van der Waals surface area contributed by atoms with E-state index in [1.807, 2.05) is 19.1 Å². The fourth-order valence-corrected chi connectivity index (χ4v) is 6.10. The molecule has 1 N–H and O–H groups in total. The number of hydrogen-bond acceptors (Lipinski definition) is 1. The van der Waals surface area contributed by atoms with E-state index in [9.17, 15) is 5.11 Å². The maximum Gasteiger partial charge on any atom is 0.0787 e. The zero-order valence-corrected chi connectivity index (χ0v) is 27.9. The summed E-state index contributed by atoms with van der Waals surface area (Å²) in [5.74, 6) is 0. The van der Waals surface area contributed by atoms with Gasteiger partial charge < -0.3 is 5.11 Å². The molecule has 0 aromatic heterocycles. The zero-order chi connectivity index (χ0) is 30.6. The molecule has 0 heterocycles. The largest absolute Gasteiger partial charge is 0.388 e. The van der Waals surface area contributed by atoms with Crippen LogP contribution in [0.15, 0.2) is 117 Å². The molecular weight excluding hydrogens is 496 g/mol. The summed E-state index contributed by atoms with van der Waals surface area (Å²) in [6.07, 6.45) is 33.4. The molecule has 1 unspecified atom stereocenters. The van der Waals surface area contributed by atoms with Gasteiger partial charge in [-0.15, -0.1) is 0 Å². The standard InChI is InChI=1S/C40H58O/c1-30(19-13-20-32(3)25-26-36-33(4)23-15-27-39(36,7)8)17-11-12-18-31(2)21-14-22-35(6)38(41)29-37-34(5)24-16-28-40(37,9)10/h11-14,17-22,25-26,38,41H,15-16,23-24,27-29H2,1-10H3/b12-11+,19-13+,21-14+,26-25+,30-17+,31-18+,32-20+,35-22+. The lowest BCUT2D eigenvalue weighted by atomic mass is 9.70. The average molecular weight is 555 g/mol. The molecule has 0 radical (unpaired) electrons. The predicted octanol–water partition coefficient (Wildman–Crippen LogP) is 11.8. The highest BCUT2D eigenvalue weighted by atomic mass is 16.3. The van der Waals surface area contributed by atoms with Gasteiger partial charge in [-0.25, -0.2) is 0 Å². The Morgan fingerprint density at radius 2 is 1.17 bits per heavy atom. The molecule has 0 saturated carbocycles. The van der Waals surface area contributed by atoms with Gasteiger partial charge in [-0.3, -0.25) is 0 Å². The topological polar surface area (TPSA) is 20.2 Å². The van der Waals surface area contributed by atoms with Gasteiger partial charge in [-0.1, -0.05) is 134 Å². The average Bonchev–Trinajstić information content (AvgIpc) is 2.87. The number of aliphatic hydroxyl groups is 1. The van der Waals surface area contributed by atoms with Crippen LogP contribution in [0.1, 0.15) is 114 Å². The van der Waals surface area contributed by atoms with Crippen molar-refractivity contribution in [2.45, 2.75) is 120 Å². The van der Waals surface area contributed by atoms with E-state index in [2.05, 4.69) is 123 Å². The van der Waals surface area contributed by atoms with Crippen molar-refractivity contribution in [2.75, 3.05) is 0 Å². The minimum absolute atomic E-state index is 0.198. The van der Waals surface area contributed by atoms with Crippen molar-refractivity contribution in [1.82, 2.24) is 0 Å². The van der Waals surface area contributed by atoms with Crippen LogP contribution in [0.4, 0.5) is 0 Å². The highest BCUT2D eigenvalue weighted by Crippen LogP contribution is 2.43. The third-order valence-corrected chi connectivity index (χ3v) is 8.93. The van der Waals surface area contributed by atoms with E-state index in [4.69, 9.17) is 0 Å². The van der Waals surface area contributed by atoms with Gasteiger partial charge in [-0.05, 0) is 108 Å². The van der Waals surface area contributed by atoms with Gasteiger partial charge >= 0.3 is 0 Å². The minimum atomic E-state index is -0.424. The normalized spacial score (nSPS) is 22.3. The molecule has 0 aromatic carbocycles. The fraction of sp³-hybridized carbons (Fsp3) is 0.500. The van der Waals surface area contributed by atoms with Crippen molar-refractivity contribution in [1.29, 1.82) is 0 Å². The summed E-state index contributed by atoms with van der Waals surface area (Å²) in [6, 6.07) is 0. The summed E-state index contributed by atoms with van der Waals surface area (Å²) in [5, 5.41) is 10.8. The summed E-state index contributed by atoms with van der Waals surface area (Å²) in [5.41, 5.74) is 11.1. The molecule has 41 heavy (non-hydrogen) atoms. The molecule has 0 fully saturated rings. The van der Waals surface area contributed by atoms with Crippen molar-refractivity contribution in [3.63, 3.8) is 0 Å². The van der Waals surface area contributed by atoms with Crippen LogP contribution in [0.25, 0.3) is 0 Å². The van der Waals surface area contributed by atoms with Crippen LogP contribution >= 0.6 is 0 Å². The maximum absolute atomic E-state index is 10.8. The Bertz CT molecular complexity index is 1210. The summed E-state index contributed by atoms with van der Waals surface area (Å²) in [4.78, 5) is 0. The monoisotopic (exact) mass is 554 g/mol. The third kappa shape index (κ3) is 11.6. The van der Waals surface area contributed by atoms with Gasteiger partial charge in [0.15, 0.2) is 0 Å². The quantitative estimate of drug-likeness (QED) is 0.199. The molecule has 2 aliphatic carbocycles. The zero-order valence-electron chi connectivity index (χ0n) is 27.9. The Hall–Kier alpha value is -2.64. The summed E-state index contributed by atoms with van der Waals surface area (Å²) in [6.45, 7) is 22.3. The lowest BCUT2D eigenvalue weighted by molar-refractivity contribution is 0.196. The lowest BCUT2D eigenvalue weighted by Crippen LogP contribution is -2.24. The van der Waals surface area contributed by atoms with Crippen molar-refractivity contribution >= 4 is 0 Å². The third-order valence-electron chi connectivity index (χ3n) is 8.93. The Morgan fingerprint density at radius 1 is 0.683 bits per heavy atom. The second-order valence-corrected chi connectivity index (χ2v) is 13.7. The van der Waals surface area contributed by atoms with Crippen LogP contribution in [-0.4, -0.2) is 11.2 Å². The van der Waals surface area contributed by atoms with Crippen molar-refractivity contribution in [3.05, 3.63) is 117 Å². The minimum Gasteiger partial charge on any atom is -0.388 e. The van der Waals surface area contributed by atoms with Crippen LogP contribution in [0.2, 0.25) is 0 Å². The predicted molar refractivity (Wildman–Crippen MR) is 183 cm³/mol. The number of aliphatic hydroxyl groups excluding tert-OH is 1. The van der Waals surface area contributed by atoms with E-state index in [-0.39, 0.29) is 10.8 Å². The molecule has 2 rings (SSSR count). The van der Waals surface area contributed by atoms with Crippen molar-refractivity contribution < 1.29 is 5.11 Å². The Kier molecular flexibility index (Phi) is 13.6. The number of rotatable bonds is 11. The van der Waals surface area contributed by atoms with E-state index in [0.717, 1.165) is 12.0 Å². The summed E-state index contributed by atoms with van der Waals surface area (Å²) in [7, 11) is 0. The van der Waals surface area contributed by atoms with Crippen LogP contribution in [0.5, 0.6) is 0 Å². The first-order chi connectivity index (χ1) is 19.2. The summed E-state index contributed by atoms with van der Waals surface area (Å²) < 4.78 is 0. The van der Waals surface area contributed by atoms with Gasteiger partial charge in [0.1, 0.15) is 0 Å². The first kappa shape index (κ1) is 34.6. The van der Waals surface area contributed by atoms with E-state index < -0.39 is 6.10 Å². The van der Waals surface area contributed by atoms with E-state index >= 15 is 0 Å². The van der Waals surface area contributed by atoms with Gasteiger partial charge in [0.2, 0.25) is 0 Å². The first-order valence-corrected chi connectivity index (χ1v) is 15.7. The molecule has 1 heteroatoms. The molecule has 1 nitrogen and oxygen atoms in total. The Labute approximate surface area is 253 Å². The maximum atomic E-state index is 10.8. The molecule has 224 valence electrons. The molecule has 0 spiro atoms. The van der Waals surface area contributed by atoms with E-state index in [1.165, 1.54) is 72.0 Å². The summed E-state index contributed by atoms with van der Waals surface area (Å²) >= 11 is 0. The van der Waals surface area contributed by atoms with Gasteiger partial charge in [0.25, 0.3) is 0 Å². The smallest absolute Gasteiger partial charge is 0.0787 e. The highest BCUT2D eigenvalue weighted by molar-refractivity contribution is 5.37. The lowest BCUT2D eigenvalue weighted by Gasteiger charge is -2.35. The first-order valence-electron chi connectivity index (χ1n) is 15.7. The molecule has 0 saturated heterocycles. The van der Waals surface area contributed by atoms with E-state index in [0.29, 0.717) is 0 Å². The number of allylic oxidation sites excluding steroid dienone is 18. The molecule has 0 aliphatic heterocycles. The fourth-order valence-electron chi connectivity index (χ4n) is 6.10. The van der Waals surface area contributed by atoms with Crippen LogP contribution in [0.3, 0.4) is 0 Å². The molecular formula is C40H58O. The van der Waals surface area contributed by atoms with Gasteiger partial charge in [0.05, 0.1) is 6.10 Å². The van der Waals surface area contributed by atoms with E-state index in [1.54, 1.807) is 5.57 Å². The van der Waals surface area contributed by atoms with Crippen LogP contribution < -0.4 is 0 Å². The molecule has 1 atom stereocenters. The SMILES string of the molecule is CC1=C(/C=C/C(C)=C/C=C/C(C)=C/C=C/C=C(C)/C=C/C=C(\C)C(O)CC2=C(C)CCCC2(C)C)C(C)(C)CCC1. The van der Waals surface area contributed by atoms with Gasteiger partial charge in [-0.2, -0.15) is 0 Å². The molecule has 0 bridgehead atoms. The van der Waals surface area contributed by atoms with Crippen LogP contribution in [-0.2, 0) is 0 Å². The van der Waals surface area contributed by atoms with Crippen molar-refractivity contribution in [3.8, 4) is 0 Å². The van der Waals surface area contributed by atoms with Gasteiger partial charge in [0, 0.05) is 0 Å². The molecule has 0 amide bonds. The second-order valence-electron chi connectivity index (χ2n) is 13.7. The van der Waals surface area contributed by atoms with Crippen LogP contribution in [0, 0.1) is 10.8 Å². The number of hydrogen-bond donors (Lipinski definition) is 1. The Morgan fingerprint density at radius 3 is 1.73 bits per heavy atom. The highest BCUT2D eigenvalue weighted by Gasteiger charge is 2.30.